The van der Waals surface area contributed by atoms with E-state index in [4.69, 9.17) is 10.5 Å². The lowest BCUT2D eigenvalue weighted by atomic mass is 10.1. The third kappa shape index (κ3) is 2.47. The van der Waals surface area contributed by atoms with Crippen molar-refractivity contribution >= 4 is 5.82 Å². The quantitative estimate of drug-likeness (QED) is 0.875. The van der Waals surface area contributed by atoms with Crippen LogP contribution in [-0.4, -0.2) is 23.5 Å². The van der Waals surface area contributed by atoms with Gasteiger partial charge in [-0.2, -0.15) is 5.10 Å². The van der Waals surface area contributed by atoms with E-state index in [9.17, 15) is 0 Å². The summed E-state index contributed by atoms with van der Waals surface area (Å²) in [5, 5.41) is 4.30. The lowest BCUT2D eigenvalue weighted by molar-refractivity contribution is 0.202. The van der Waals surface area contributed by atoms with E-state index in [1.165, 1.54) is 5.56 Å². The largest absolute Gasteiger partial charge is 0.384 e. The van der Waals surface area contributed by atoms with Crippen LogP contribution in [-0.2, 0) is 11.2 Å². The lowest BCUT2D eigenvalue weighted by Crippen LogP contribution is -2.05. The molecular formula is C13H17N3O. The van der Waals surface area contributed by atoms with E-state index >= 15 is 0 Å². The number of methoxy groups -OCH3 is 1. The van der Waals surface area contributed by atoms with Crippen LogP contribution in [0.5, 0.6) is 0 Å². The van der Waals surface area contributed by atoms with Crippen LogP contribution in [0.4, 0.5) is 5.82 Å². The number of hydrogen-bond donors (Lipinski definition) is 1. The van der Waals surface area contributed by atoms with Gasteiger partial charge in [0, 0.05) is 18.9 Å². The number of rotatable bonds is 4. The fourth-order valence-corrected chi connectivity index (χ4v) is 1.88. The van der Waals surface area contributed by atoms with E-state index in [2.05, 4.69) is 11.2 Å². The highest BCUT2D eigenvalue weighted by Gasteiger charge is 2.08. The summed E-state index contributed by atoms with van der Waals surface area (Å²) in [5.74, 6) is 0.545. The fourth-order valence-electron chi connectivity index (χ4n) is 1.88. The molecule has 2 N–H and O–H groups in total. The molecule has 0 amide bonds. The number of nitrogen functional groups attached to an aromatic ring is 1. The van der Waals surface area contributed by atoms with Gasteiger partial charge in [-0.15, -0.1) is 0 Å². The molecule has 0 unspecified atom stereocenters. The van der Waals surface area contributed by atoms with E-state index in [-0.39, 0.29) is 0 Å². The van der Waals surface area contributed by atoms with Gasteiger partial charge < -0.3 is 10.5 Å². The van der Waals surface area contributed by atoms with Gasteiger partial charge in [-0.05, 0) is 25.0 Å². The number of aryl methyl sites for hydroxylation is 1. The Morgan fingerprint density at radius 3 is 2.76 bits per heavy atom. The van der Waals surface area contributed by atoms with Crippen LogP contribution < -0.4 is 5.73 Å². The average molecular weight is 231 g/mol. The third-order valence-corrected chi connectivity index (χ3v) is 2.70. The van der Waals surface area contributed by atoms with E-state index < -0.39 is 0 Å². The summed E-state index contributed by atoms with van der Waals surface area (Å²) in [6, 6.07) is 10.0. The Kier molecular flexibility index (Phi) is 3.44. The average Bonchev–Trinajstić information content (AvgIpc) is 2.66. The first kappa shape index (κ1) is 11.7. The lowest BCUT2D eigenvalue weighted by Gasteiger charge is -2.10. The highest BCUT2D eigenvalue weighted by molar-refractivity contribution is 5.44. The standard InChI is InChI=1S/C13H17N3O/c1-10-9-13(14)15-16(10)12-6-4-3-5-11(12)7-8-17-2/h3-6,9H,7-8H2,1-2H3,(H2,14,15). The normalized spacial score (nSPS) is 10.7. The maximum Gasteiger partial charge on any atom is 0.146 e. The van der Waals surface area contributed by atoms with Crippen molar-refractivity contribution in [1.29, 1.82) is 0 Å². The van der Waals surface area contributed by atoms with Crippen molar-refractivity contribution in [3.63, 3.8) is 0 Å². The van der Waals surface area contributed by atoms with Crippen LogP contribution in [0.25, 0.3) is 5.69 Å². The first-order valence-corrected chi connectivity index (χ1v) is 5.61. The zero-order valence-electron chi connectivity index (χ0n) is 10.2. The van der Waals surface area contributed by atoms with Crippen LogP contribution in [0, 0.1) is 6.92 Å². The highest BCUT2D eigenvalue weighted by atomic mass is 16.5. The minimum Gasteiger partial charge on any atom is -0.384 e. The third-order valence-electron chi connectivity index (χ3n) is 2.70. The molecule has 0 fully saturated rings. The number of nitrogens with two attached hydrogens (primary N) is 1. The molecule has 1 aromatic heterocycles. The van der Waals surface area contributed by atoms with E-state index in [1.54, 1.807) is 7.11 Å². The summed E-state index contributed by atoms with van der Waals surface area (Å²) in [6.45, 7) is 2.70. The molecule has 2 aromatic rings. The van der Waals surface area contributed by atoms with Crippen molar-refractivity contribution in [3.8, 4) is 5.69 Å². The molecule has 0 saturated carbocycles. The SMILES string of the molecule is COCCc1ccccc1-n1nc(N)cc1C. The molecule has 1 heterocycles. The molecule has 1 aromatic carbocycles. The first-order chi connectivity index (χ1) is 8.22. The molecular weight excluding hydrogens is 214 g/mol. The van der Waals surface area contributed by atoms with Crippen molar-refractivity contribution < 1.29 is 4.74 Å². The maximum absolute atomic E-state index is 5.71. The van der Waals surface area contributed by atoms with Crippen molar-refractivity contribution in [2.45, 2.75) is 13.3 Å². The molecule has 0 radical (unpaired) electrons. The van der Waals surface area contributed by atoms with Gasteiger partial charge in [0.05, 0.1) is 12.3 Å². The zero-order valence-corrected chi connectivity index (χ0v) is 10.2. The van der Waals surface area contributed by atoms with Crippen LogP contribution in [0.3, 0.4) is 0 Å². The Morgan fingerprint density at radius 2 is 2.12 bits per heavy atom. The van der Waals surface area contributed by atoms with Crippen LogP contribution in [0.2, 0.25) is 0 Å². The summed E-state index contributed by atoms with van der Waals surface area (Å²) < 4.78 is 6.99. The van der Waals surface area contributed by atoms with E-state index in [0.717, 1.165) is 17.8 Å². The van der Waals surface area contributed by atoms with Gasteiger partial charge in [-0.1, -0.05) is 18.2 Å². The topological polar surface area (TPSA) is 53.1 Å². The molecule has 4 nitrogen and oxygen atoms in total. The number of hydrogen-bond acceptors (Lipinski definition) is 3. The summed E-state index contributed by atoms with van der Waals surface area (Å²) in [7, 11) is 1.71. The van der Waals surface area contributed by atoms with Crippen LogP contribution in [0.15, 0.2) is 30.3 Å². The van der Waals surface area contributed by atoms with Crippen LogP contribution in [0.1, 0.15) is 11.3 Å². The molecule has 0 aliphatic heterocycles. The first-order valence-electron chi connectivity index (χ1n) is 5.61. The Hall–Kier alpha value is -1.81. The van der Waals surface area contributed by atoms with Gasteiger partial charge in [0.15, 0.2) is 0 Å². The molecule has 2 rings (SSSR count). The van der Waals surface area contributed by atoms with Crippen LogP contribution >= 0.6 is 0 Å². The molecule has 0 spiro atoms. The van der Waals surface area contributed by atoms with Crippen molar-refractivity contribution in [2.24, 2.45) is 0 Å². The second-order valence-corrected chi connectivity index (χ2v) is 3.99. The number of aromatic nitrogens is 2. The Bertz CT molecular complexity index is 505. The minimum atomic E-state index is 0.545. The number of benzene rings is 1. The second kappa shape index (κ2) is 5.01. The Labute approximate surface area is 101 Å². The molecule has 0 bridgehead atoms. The summed E-state index contributed by atoms with van der Waals surface area (Å²) >= 11 is 0. The molecule has 4 heteroatoms. The van der Waals surface area contributed by atoms with Crippen molar-refractivity contribution in [3.05, 3.63) is 41.6 Å². The molecule has 0 aliphatic rings. The molecule has 90 valence electrons. The Morgan fingerprint density at radius 1 is 1.35 bits per heavy atom. The molecule has 0 atom stereocenters. The van der Waals surface area contributed by atoms with Gasteiger partial charge >= 0.3 is 0 Å². The van der Waals surface area contributed by atoms with Crippen molar-refractivity contribution in [1.82, 2.24) is 9.78 Å². The van der Waals surface area contributed by atoms with E-state index in [1.807, 2.05) is 35.9 Å². The maximum atomic E-state index is 5.71. The summed E-state index contributed by atoms with van der Waals surface area (Å²) in [5.41, 5.74) is 9.02. The highest BCUT2D eigenvalue weighted by Crippen LogP contribution is 2.18. The number of ether oxygens (including phenoxy) is 1. The number of para-hydroxylation sites is 1. The summed E-state index contributed by atoms with van der Waals surface area (Å²) in [4.78, 5) is 0. The monoisotopic (exact) mass is 231 g/mol. The van der Waals surface area contributed by atoms with Gasteiger partial charge in [-0.25, -0.2) is 4.68 Å². The second-order valence-electron chi connectivity index (χ2n) is 3.99. The zero-order chi connectivity index (χ0) is 12.3. The predicted molar refractivity (Wildman–Crippen MR) is 68.3 cm³/mol. The van der Waals surface area contributed by atoms with Gasteiger partial charge in [0.2, 0.25) is 0 Å². The number of nitrogens with zero attached hydrogens (tertiary/aromatic N) is 2. The van der Waals surface area contributed by atoms with Crippen molar-refractivity contribution in [2.75, 3.05) is 19.5 Å². The summed E-state index contributed by atoms with van der Waals surface area (Å²) in [6.07, 6.45) is 0.867. The number of anilines is 1. The molecule has 0 aliphatic carbocycles. The molecule has 0 saturated heterocycles. The predicted octanol–water partition coefficient (Wildman–Crippen LogP) is 1.95. The minimum absolute atomic E-state index is 0.545. The van der Waals surface area contributed by atoms with Gasteiger partial charge in [-0.3, -0.25) is 0 Å². The Balaban J connectivity index is 2.40. The smallest absolute Gasteiger partial charge is 0.146 e. The van der Waals surface area contributed by atoms with E-state index in [0.29, 0.717) is 12.4 Å². The van der Waals surface area contributed by atoms with Gasteiger partial charge in [0.1, 0.15) is 5.82 Å². The fraction of sp³-hybridized carbons (Fsp3) is 0.308. The molecule has 17 heavy (non-hydrogen) atoms. The van der Waals surface area contributed by atoms with Gasteiger partial charge in [0.25, 0.3) is 0 Å².